The number of hydrogen-bond acceptors (Lipinski definition) is 2. The van der Waals surface area contributed by atoms with Gasteiger partial charge in [-0.3, -0.25) is 0 Å². The molecule has 1 aromatic carbocycles. The van der Waals surface area contributed by atoms with Crippen LogP contribution in [0.1, 0.15) is 11.3 Å². The van der Waals surface area contributed by atoms with Crippen molar-refractivity contribution in [1.82, 2.24) is 9.55 Å². The second-order valence-electron chi connectivity index (χ2n) is 3.34. The summed E-state index contributed by atoms with van der Waals surface area (Å²) in [4.78, 5) is 4.08. The van der Waals surface area contributed by atoms with Crippen molar-refractivity contribution in [3.8, 4) is 0 Å². The SMILES string of the molecule is NCc1cncn1Cc1ccc(Br)cc1. The maximum Gasteiger partial charge on any atom is 0.0951 e. The van der Waals surface area contributed by atoms with Crippen LogP contribution in [-0.4, -0.2) is 9.55 Å². The van der Waals surface area contributed by atoms with Crippen molar-refractivity contribution in [2.45, 2.75) is 13.1 Å². The first-order valence-electron chi connectivity index (χ1n) is 4.73. The summed E-state index contributed by atoms with van der Waals surface area (Å²) in [6.45, 7) is 1.34. The molecule has 0 saturated heterocycles. The second-order valence-corrected chi connectivity index (χ2v) is 4.26. The van der Waals surface area contributed by atoms with E-state index in [-0.39, 0.29) is 0 Å². The summed E-state index contributed by atoms with van der Waals surface area (Å²) in [5.74, 6) is 0. The van der Waals surface area contributed by atoms with E-state index in [1.165, 1.54) is 5.56 Å². The number of aromatic nitrogens is 2. The first-order valence-corrected chi connectivity index (χ1v) is 5.52. The lowest BCUT2D eigenvalue weighted by Crippen LogP contribution is -2.07. The van der Waals surface area contributed by atoms with Gasteiger partial charge in [-0.05, 0) is 17.7 Å². The van der Waals surface area contributed by atoms with Gasteiger partial charge >= 0.3 is 0 Å². The third-order valence-corrected chi connectivity index (χ3v) is 2.80. The van der Waals surface area contributed by atoms with Crippen LogP contribution in [0.5, 0.6) is 0 Å². The zero-order valence-corrected chi connectivity index (χ0v) is 9.81. The van der Waals surface area contributed by atoms with E-state index >= 15 is 0 Å². The van der Waals surface area contributed by atoms with Crippen molar-refractivity contribution in [2.24, 2.45) is 5.73 Å². The first-order chi connectivity index (χ1) is 7.29. The van der Waals surface area contributed by atoms with Crippen LogP contribution in [0.2, 0.25) is 0 Å². The van der Waals surface area contributed by atoms with E-state index in [0.29, 0.717) is 6.54 Å². The molecule has 2 rings (SSSR count). The molecule has 0 bridgehead atoms. The summed E-state index contributed by atoms with van der Waals surface area (Å²) in [5, 5.41) is 0. The van der Waals surface area contributed by atoms with Gasteiger partial charge in [0.2, 0.25) is 0 Å². The van der Waals surface area contributed by atoms with Gasteiger partial charge in [-0.15, -0.1) is 0 Å². The predicted octanol–water partition coefficient (Wildman–Crippen LogP) is 2.15. The standard InChI is InChI=1S/C11H12BrN3/c12-10-3-1-9(2-4-10)7-15-8-14-6-11(15)5-13/h1-4,6,8H,5,7,13H2. The second kappa shape index (κ2) is 4.59. The van der Waals surface area contributed by atoms with E-state index in [2.05, 4.69) is 37.6 Å². The van der Waals surface area contributed by atoms with Gasteiger partial charge in [0.1, 0.15) is 0 Å². The van der Waals surface area contributed by atoms with E-state index in [1.807, 2.05) is 18.5 Å². The molecule has 78 valence electrons. The van der Waals surface area contributed by atoms with Gasteiger partial charge in [-0.25, -0.2) is 4.98 Å². The number of hydrogen-bond donors (Lipinski definition) is 1. The Balaban J connectivity index is 2.18. The van der Waals surface area contributed by atoms with Crippen LogP contribution < -0.4 is 5.73 Å². The lowest BCUT2D eigenvalue weighted by Gasteiger charge is -2.06. The molecule has 1 heterocycles. The molecule has 0 atom stereocenters. The monoisotopic (exact) mass is 265 g/mol. The molecule has 0 aliphatic carbocycles. The molecule has 4 heteroatoms. The molecule has 1 aromatic heterocycles. The lowest BCUT2D eigenvalue weighted by molar-refractivity contribution is 0.740. The minimum atomic E-state index is 0.524. The molecule has 15 heavy (non-hydrogen) atoms. The van der Waals surface area contributed by atoms with Crippen LogP contribution >= 0.6 is 15.9 Å². The van der Waals surface area contributed by atoms with Crippen LogP contribution in [0.25, 0.3) is 0 Å². The molecule has 0 unspecified atom stereocenters. The maximum absolute atomic E-state index is 5.60. The molecule has 2 aromatic rings. The summed E-state index contributed by atoms with van der Waals surface area (Å²) >= 11 is 3.41. The summed E-state index contributed by atoms with van der Waals surface area (Å²) < 4.78 is 3.15. The highest BCUT2D eigenvalue weighted by Gasteiger charge is 2.00. The Morgan fingerprint density at radius 1 is 1.27 bits per heavy atom. The Bertz CT molecular complexity index is 433. The number of benzene rings is 1. The van der Waals surface area contributed by atoms with Crippen LogP contribution in [0.3, 0.4) is 0 Å². The van der Waals surface area contributed by atoms with E-state index in [1.54, 1.807) is 6.20 Å². The zero-order chi connectivity index (χ0) is 10.7. The fraction of sp³-hybridized carbons (Fsp3) is 0.182. The normalized spacial score (nSPS) is 10.5. The molecular weight excluding hydrogens is 254 g/mol. The molecule has 0 amide bonds. The fourth-order valence-electron chi connectivity index (χ4n) is 1.45. The van der Waals surface area contributed by atoms with Crippen molar-refractivity contribution in [3.63, 3.8) is 0 Å². The Morgan fingerprint density at radius 2 is 2.00 bits per heavy atom. The quantitative estimate of drug-likeness (QED) is 0.925. The lowest BCUT2D eigenvalue weighted by atomic mass is 10.2. The molecule has 0 radical (unpaired) electrons. The Kier molecular flexibility index (Phi) is 3.18. The van der Waals surface area contributed by atoms with E-state index < -0.39 is 0 Å². The molecule has 3 nitrogen and oxygen atoms in total. The smallest absolute Gasteiger partial charge is 0.0951 e. The third-order valence-electron chi connectivity index (χ3n) is 2.27. The minimum Gasteiger partial charge on any atom is -0.329 e. The van der Waals surface area contributed by atoms with Gasteiger partial charge in [-0.1, -0.05) is 28.1 Å². The summed E-state index contributed by atoms with van der Waals surface area (Å²) in [7, 11) is 0. The molecule has 0 aliphatic heterocycles. The Morgan fingerprint density at radius 3 is 2.67 bits per heavy atom. The van der Waals surface area contributed by atoms with Gasteiger partial charge in [0.05, 0.1) is 12.0 Å². The van der Waals surface area contributed by atoms with Gasteiger partial charge < -0.3 is 10.3 Å². The van der Waals surface area contributed by atoms with Crippen molar-refractivity contribution < 1.29 is 0 Å². The van der Waals surface area contributed by atoms with Crippen LogP contribution in [0, 0.1) is 0 Å². The Labute approximate surface area is 97.1 Å². The fourth-order valence-corrected chi connectivity index (χ4v) is 1.71. The highest BCUT2D eigenvalue weighted by molar-refractivity contribution is 9.10. The summed E-state index contributed by atoms with van der Waals surface area (Å²) in [6.07, 6.45) is 3.61. The van der Waals surface area contributed by atoms with Crippen molar-refractivity contribution in [1.29, 1.82) is 0 Å². The van der Waals surface area contributed by atoms with Crippen LogP contribution in [0.4, 0.5) is 0 Å². The highest BCUT2D eigenvalue weighted by atomic mass is 79.9. The van der Waals surface area contributed by atoms with Gasteiger partial charge in [-0.2, -0.15) is 0 Å². The summed E-state index contributed by atoms with van der Waals surface area (Å²) in [5.41, 5.74) is 7.90. The van der Waals surface area contributed by atoms with Crippen LogP contribution in [-0.2, 0) is 13.1 Å². The number of imidazole rings is 1. The maximum atomic E-state index is 5.60. The van der Waals surface area contributed by atoms with Gasteiger partial charge in [0, 0.05) is 23.8 Å². The number of nitrogens with zero attached hydrogens (tertiary/aromatic N) is 2. The number of nitrogens with two attached hydrogens (primary N) is 1. The largest absolute Gasteiger partial charge is 0.329 e. The van der Waals surface area contributed by atoms with Gasteiger partial charge in [0.15, 0.2) is 0 Å². The molecule has 2 N–H and O–H groups in total. The number of halogens is 1. The average Bonchev–Trinajstić information content (AvgIpc) is 2.69. The third kappa shape index (κ3) is 2.46. The Hall–Kier alpha value is -1.13. The summed E-state index contributed by atoms with van der Waals surface area (Å²) in [6, 6.07) is 8.25. The molecule has 0 spiro atoms. The first kappa shape index (κ1) is 10.4. The van der Waals surface area contributed by atoms with Crippen molar-refractivity contribution >= 4 is 15.9 Å². The van der Waals surface area contributed by atoms with Crippen LogP contribution in [0.15, 0.2) is 41.3 Å². The van der Waals surface area contributed by atoms with E-state index in [4.69, 9.17) is 5.73 Å². The average molecular weight is 266 g/mol. The van der Waals surface area contributed by atoms with Crippen molar-refractivity contribution in [2.75, 3.05) is 0 Å². The van der Waals surface area contributed by atoms with Crippen molar-refractivity contribution in [3.05, 3.63) is 52.5 Å². The molecule has 0 fully saturated rings. The molecule has 0 saturated carbocycles. The molecular formula is C11H12BrN3. The number of rotatable bonds is 3. The van der Waals surface area contributed by atoms with E-state index in [0.717, 1.165) is 16.7 Å². The molecule has 0 aliphatic rings. The predicted molar refractivity (Wildman–Crippen MR) is 63.4 cm³/mol. The van der Waals surface area contributed by atoms with E-state index in [9.17, 15) is 0 Å². The topological polar surface area (TPSA) is 43.8 Å². The minimum absolute atomic E-state index is 0.524. The van der Waals surface area contributed by atoms with Gasteiger partial charge in [0.25, 0.3) is 0 Å². The highest BCUT2D eigenvalue weighted by Crippen LogP contribution is 2.12. The zero-order valence-electron chi connectivity index (χ0n) is 8.23.